The summed E-state index contributed by atoms with van der Waals surface area (Å²) < 4.78 is 20.8. The van der Waals surface area contributed by atoms with Crippen molar-refractivity contribution in [3.63, 3.8) is 0 Å². The lowest BCUT2D eigenvalue weighted by Crippen LogP contribution is -2.18. The predicted octanol–water partition coefficient (Wildman–Crippen LogP) is 2.26. The fourth-order valence-electron chi connectivity index (χ4n) is 3.12. The molecule has 30 heavy (non-hydrogen) atoms. The van der Waals surface area contributed by atoms with Gasteiger partial charge in [-0.3, -0.25) is 9.36 Å². The molecule has 0 aliphatic heterocycles. The molecule has 9 nitrogen and oxygen atoms in total. The number of amides is 1. The topological polar surface area (TPSA) is 122 Å². The number of nitrogens with one attached hydrogen (secondary N) is 2. The highest BCUT2D eigenvalue weighted by atomic mass is 19.1. The average molecular weight is 409 g/mol. The van der Waals surface area contributed by atoms with Gasteiger partial charge < -0.3 is 20.1 Å². The summed E-state index contributed by atoms with van der Waals surface area (Å²) in [5.41, 5.74) is 0.501. The number of carbonyl (C=O) groups is 1. The van der Waals surface area contributed by atoms with Crippen LogP contribution in [0.4, 0.5) is 10.2 Å². The number of methoxy groups -OCH3 is 1. The van der Waals surface area contributed by atoms with Gasteiger partial charge in [-0.2, -0.15) is 0 Å². The molecule has 1 amide bonds. The number of rotatable bonds is 6. The van der Waals surface area contributed by atoms with E-state index in [2.05, 4.69) is 20.3 Å². The lowest BCUT2D eigenvalue weighted by molar-refractivity contribution is -0.105. The highest BCUT2D eigenvalue weighted by Crippen LogP contribution is 2.26. The van der Waals surface area contributed by atoms with Gasteiger partial charge in [0.25, 0.3) is 0 Å². The van der Waals surface area contributed by atoms with Gasteiger partial charge >= 0.3 is 5.69 Å². The average Bonchev–Trinajstić information content (AvgIpc) is 3.05. The van der Waals surface area contributed by atoms with Gasteiger partial charge in [0, 0.05) is 11.1 Å². The van der Waals surface area contributed by atoms with Crippen molar-refractivity contribution in [3.8, 4) is 22.9 Å². The number of aromatic hydroxyl groups is 1. The maximum Gasteiger partial charge on any atom is 0.328 e. The molecule has 4 aromatic rings. The summed E-state index contributed by atoms with van der Waals surface area (Å²) >= 11 is 0. The first-order chi connectivity index (χ1) is 14.5. The van der Waals surface area contributed by atoms with Crippen molar-refractivity contribution in [2.75, 3.05) is 12.4 Å². The number of H-pyrrole nitrogens is 1. The number of aromatic amines is 1. The third-order valence-corrected chi connectivity index (χ3v) is 4.51. The van der Waals surface area contributed by atoms with Crippen molar-refractivity contribution in [1.29, 1.82) is 0 Å². The van der Waals surface area contributed by atoms with Gasteiger partial charge in [0.1, 0.15) is 11.3 Å². The normalized spacial score (nSPS) is 10.9. The molecular formula is C20H16FN5O4. The first kappa shape index (κ1) is 19.1. The molecule has 0 radical (unpaired) electrons. The van der Waals surface area contributed by atoms with E-state index in [9.17, 15) is 19.1 Å². The number of anilines is 1. The molecule has 4 rings (SSSR count). The largest absolute Gasteiger partial charge is 0.508 e. The van der Waals surface area contributed by atoms with E-state index in [-0.39, 0.29) is 46.4 Å². The van der Waals surface area contributed by atoms with Gasteiger partial charge in [-0.1, -0.05) is 24.3 Å². The van der Waals surface area contributed by atoms with Gasteiger partial charge in [-0.15, -0.1) is 0 Å². The Morgan fingerprint density at radius 2 is 2.07 bits per heavy atom. The molecule has 0 aliphatic carbocycles. The van der Waals surface area contributed by atoms with E-state index in [0.29, 0.717) is 12.0 Å². The second-order valence-electron chi connectivity index (χ2n) is 6.36. The van der Waals surface area contributed by atoms with Crippen LogP contribution in [0.25, 0.3) is 22.6 Å². The number of aromatic nitrogens is 4. The fourth-order valence-corrected chi connectivity index (χ4v) is 3.12. The second-order valence-corrected chi connectivity index (χ2v) is 6.36. The Morgan fingerprint density at radius 3 is 2.80 bits per heavy atom. The summed E-state index contributed by atoms with van der Waals surface area (Å²) in [6.07, 6.45) is 0.422. The number of ether oxygens (including phenoxy) is 1. The van der Waals surface area contributed by atoms with E-state index < -0.39 is 11.5 Å². The highest BCUT2D eigenvalue weighted by Gasteiger charge is 2.18. The number of carbonyl (C=O) groups excluding carboxylic acids is 1. The van der Waals surface area contributed by atoms with Crippen LogP contribution in [0.2, 0.25) is 0 Å². The molecule has 3 N–H and O–H groups in total. The Hall–Kier alpha value is -4.21. The van der Waals surface area contributed by atoms with Crippen LogP contribution in [0.3, 0.4) is 0 Å². The third kappa shape index (κ3) is 3.34. The van der Waals surface area contributed by atoms with Crippen molar-refractivity contribution in [2.24, 2.45) is 0 Å². The summed E-state index contributed by atoms with van der Waals surface area (Å²) in [5, 5.41) is 12.2. The first-order valence-electron chi connectivity index (χ1n) is 8.83. The van der Waals surface area contributed by atoms with Crippen LogP contribution >= 0.6 is 0 Å². The van der Waals surface area contributed by atoms with Crippen LogP contribution < -0.4 is 15.7 Å². The standard InChI is InChI=1S/C20H16FN5O4/c1-30-14-7-3-5-12(15(14)21)9-26-19-16(23-20(26)29)18(22-10-27)24-17(25-19)11-4-2-6-13(28)8-11/h2-8,10,28H,9H2,1H3,(H,23,29)(H,22,24,25,27). The molecule has 0 saturated carbocycles. The Kier molecular flexibility index (Phi) is 4.88. The van der Waals surface area contributed by atoms with Crippen LogP contribution in [-0.4, -0.2) is 38.1 Å². The monoisotopic (exact) mass is 409 g/mol. The minimum Gasteiger partial charge on any atom is -0.508 e. The summed E-state index contributed by atoms with van der Waals surface area (Å²) in [6, 6.07) is 10.8. The number of phenols is 1. The molecule has 0 saturated heterocycles. The minimum absolute atomic E-state index is 0.00556. The number of hydrogen-bond acceptors (Lipinski definition) is 6. The number of nitrogens with zero attached hydrogens (tertiary/aromatic N) is 3. The number of hydrogen-bond donors (Lipinski definition) is 3. The Morgan fingerprint density at radius 1 is 1.27 bits per heavy atom. The number of imidazole rings is 1. The quantitative estimate of drug-likeness (QED) is 0.420. The minimum atomic E-state index is -0.588. The number of fused-ring (bicyclic) bond motifs is 1. The maximum absolute atomic E-state index is 14.6. The number of halogens is 1. The lowest BCUT2D eigenvalue weighted by atomic mass is 10.2. The van der Waals surface area contributed by atoms with Gasteiger partial charge in [0.05, 0.1) is 13.7 Å². The van der Waals surface area contributed by atoms with E-state index in [1.807, 2.05) is 0 Å². The lowest BCUT2D eigenvalue weighted by Gasteiger charge is -2.09. The van der Waals surface area contributed by atoms with E-state index in [4.69, 9.17) is 4.74 Å². The summed E-state index contributed by atoms with van der Waals surface area (Å²) in [4.78, 5) is 34.9. The van der Waals surface area contributed by atoms with Crippen molar-refractivity contribution >= 4 is 23.4 Å². The van der Waals surface area contributed by atoms with Crippen molar-refractivity contribution < 1.29 is 19.0 Å². The second kappa shape index (κ2) is 7.66. The summed E-state index contributed by atoms with van der Waals surface area (Å²) in [6.45, 7) is -0.126. The SMILES string of the molecule is COc1cccc(Cn2c(=O)[nH]c3c(NC=O)nc(-c4cccc(O)c4)nc32)c1F. The highest BCUT2D eigenvalue weighted by molar-refractivity contribution is 5.90. The van der Waals surface area contributed by atoms with E-state index in [1.165, 1.54) is 35.9 Å². The number of phenolic OH excluding ortho intramolecular Hbond substituents is 1. The molecule has 10 heteroatoms. The van der Waals surface area contributed by atoms with Crippen LogP contribution in [0.5, 0.6) is 11.5 Å². The molecule has 0 spiro atoms. The molecule has 2 heterocycles. The zero-order valence-corrected chi connectivity index (χ0v) is 15.7. The molecule has 0 bridgehead atoms. The van der Waals surface area contributed by atoms with Crippen LogP contribution in [0.15, 0.2) is 47.3 Å². The molecule has 152 valence electrons. The summed E-state index contributed by atoms with van der Waals surface area (Å²) in [7, 11) is 1.35. The van der Waals surface area contributed by atoms with Gasteiger partial charge in [0.15, 0.2) is 28.9 Å². The van der Waals surface area contributed by atoms with Crippen LogP contribution in [0, 0.1) is 5.82 Å². The van der Waals surface area contributed by atoms with Crippen molar-refractivity contribution in [2.45, 2.75) is 6.54 Å². The smallest absolute Gasteiger partial charge is 0.328 e. The fraction of sp³-hybridized carbons (Fsp3) is 0.100. The van der Waals surface area contributed by atoms with E-state index in [0.717, 1.165) is 0 Å². The molecule has 0 atom stereocenters. The maximum atomic E-state index is 14.6. The molecule has 2 aromatic carbocycles. The Bertz CT molecular complexity index is 1310. The summed E-state index contributed by atoms with van der Waals surface area (Å²) in [5.74, 6) is -0.281. The molecule has 2 aromatic heterocycles. The van der Waals surface area contributed by atoms with Gasteiger partial charge in [0.2, 0.25) is 6.41 Å². The van der Waals surface area contributed by atoms with Crippen molar-refractivity contribution in [1.82, 2.24) is 19.5 Å². The van der Waals surface area contributed by atoms with E-state index >= 15 is 0 Å². The molecule has 0 unspecified atom stereocenters. The Balaban J connectivity index is 1.91. The molecule has 0 fully saturated rings. The van der Waals surface area contributed by atoms with Crippen LogP contribution in [-0.2, 0) is 11.3 Å². The van der Waals surface area contributed by atoms with Gasteiger partial charge in [-0.25, -0.2) is 19.2 Å². The Labute approximate surface area is 168 Å². The zero-order chi connectivity index (χ0) is 21.3. The van der Waals surface area contributed by atoms with E-state index in [1.54, 1.807) is 18.2 Å². The molecule has 0 aliphatic rings. The van der Waals surface area contributed by atoms with Gasteiger partial charge in [-0.05, 0) is 18.2 Å². The third-order valence-electron chi connectivity index (χ3n) is 4.51. The first-order valence-corrected chi connectivity index (χ1v) is 8.83. The predicted molar refractivity (Wildman–Crippen MR) is 107 cm³/mol. The van der Waals surface area contributed by atoms with Crippen molar-refractivity contribution in [3.05, 3.63) is 64.3 Å². The number of benzene rings is 2. The zero-order valence-electron chi connectivity index (χ0n) is 15.7. The molecular weight excluding hydrogens is 393 g/mol. The van der Waals surface area contributed by atoms with Crippen LogP contribution in [0.1, 0.15) is 5.56 Å².